The molecule has 0 spiro atoms. The molecule has 2 rings (SSSR count). The zero-order chi connectivity index (χ0) is 14.6. The van der Waals surface area contributed by atoms with Gasteiger partial charge in [-0.15, -0.1) is 0 Å². The molecule has 1 aliphatic carbocycles. The molecule has 114 valence electrons. The maximum atomic E-state index is 12.4. The number of sulfonamides is 1. The molecule has 6 nitrogen and oxygen atoms in total. The van der Waals surface area contributed by atoms with Crippen LogP contribution in [0.2, 0.25) is 0 Å². The Morgan fingerprint density at radius 3 is 2.85 bits per heavy atom. The number of nitrogens with one attached hydrogen (secondary N) is 2. The van der Waals surface area contributed by atoms with E-state index in [1.54, 1.807) is 10.9 Å². The molecule has 20 heavy (non-hydrogen) atoms. The minimum Gasteiger partial charge on any atom is -0.318 e. The van der Waals surface area contributed by atoms with Gasteiger partial charge in [0.1, 0.15) is 4.90 Å². The molecule has 2 atom stereocenters. The molecule has 0 aromatic carbocycles. The summed E-state index contributed by atoms with van der Waals surface area (Å²) < 4.78 is 29.2. The lowest BCUT2D eigenvalue weighted by atomic mass is 9.87. The molecule has 0 radical (unpaired) electrons. The van der Waals surface area contributed by atoms with Crippen LogP contribution in [0.3, 0.4) is 0 Å². The van der Waals surface area contributed by atoms with Crippen LogP contribution in [0.25, 0.3) is 0 Å². The zero-order valence-electron chi connectivity index (χ0n) is 12.2. The topological polar surface area (TPSA) is 76.0 Å². The fourth-order valence-corrected chi connectivity index (χ4v) is 3.92. The van der Waals surface area contributed by atoms with Gasteiger partial charge in [0, 0.05) is 18.8 Å². The zero-order valence-corrected chi connectivity index (χ0v) is 13.0. The predicted octanol–water partition coefficient (Wildman–Crippen LogP) is 0.959. The van der Waals surface area contributed by atoms with Crippen LogP contribution in [0.15, 0.2) is 17.3 Å². The van der Waals surface area contributed by atoms with Crippen LogP contribution in [0.5, 0.6) is 0 Å². The first kappa shape index (κ1) is 15.5. The third-order valence-corrected chi connectivity index (χ3v) is 5.37. The van der Waals surface area contributed by atoms with Gasteiger partial charge in [0.2, 0.25) is 10.0 Å². The number of likely N-dealkylation sites (N-methyl/N-ethyl adjacent to an activating group) is 1. The van der Waals surface area contributed by atoms with Gasteiger partial charge in [-0.25, -0.2) is 13.1 Å². The van der Waals surface area contributed by atoms with E-state index in [4.69, 9.17) is 0 Å². The molecule has 1 heterocycles. The van der Waals surface area contributed by atoms with E-state index in [9.17, 15) is 8.42 Å². The lowest BCUT2D eigenvalue weighted by molar-refractivity contribution is 0.310. The van der Waals surface area contributed by atoms with Crippen molar-refractivity contribution < 1.29 is 8.42 Å². The monoisotopic (exact) mass is 300 g/mol. The third kappa shape index (κ3) is 3.80. The average Bonchev–Trinajstić information content (AvgIpc) is 2.88. The molecule has 2 N–H and O–H groups in total. The van der Waals surface area contributed by atoms with Crippen molar-refractivity contribution in [3.05, 3.63) is 12.4 Å². The molecule has 1 saturated carbocycles. The van der Waals surface area contributed by atoms with Crippen molar-refractivity contribution in [1.82, 2.24) is 19.8 Å². The van der Waals surface area contributed by atoms with Gasteiger partial charge in [-0.05, 0) is 25.8 Å². The lowest BCUT2D eigenvalue weighted by Gasteiger charge is -2.28. The summed E-state index contributed by atoms with van der Waals surface area (Å²) in [4.78, 5) is 0.256. The Morgan fingerprint density at radius 1 is 1.40 bits per heavy atom. The summed E-state index contributed by atoms with van der Waals surface area (Å²) in [6.45, 7) is 3.53. The molecule has 1 aromatic rings. The Bertz CT molecular complexity index is 526. The van der Waals surface area contributed by atoms with Crippen molar-refractivity contribution in [3.63, 3.8) is 0 Å². The van der Waals surface area contributed by atoms with E-state index in [-0.39, 0.29) is 10.9 Å². The minimum atomic E-state index is -3.45. The van der Waals surface area contributed by atoms with Crippen LogP contribution in [-0.4, -0.2) is 37.8 Å². The highest BCUT2D eigenvalue weighted by Gasteiger charge is 2.27. The fourth-order valence-electron chi connectivity index (χ4n) is 2.59. The van der Waals surface area contributed by atoms with Gasteiger partial charge in [0.05, 0.1) is 12.7 Å². The van der Waals surface area contributed by atoms with E-state index < -0.39 is 10.0 Å². The Kier molecular flexibility index (Phi) is 5.17. The lowest BCUT2D eigenvalue weighted by Crippen LogP contribution is -2.40. The average molecular weight is 300 g/mol. The second kappa shape index (κ2) is 6.69. The van der Waals surface area contributed by atoms with E-state index >= 15 is 0 Å². The van der Waals surface area contributed by atoms with E-state index in [0.717, 1.165) is 25.8 Å². The Morgan fingerprint density at radius 2 is 2.15 bits per heavy atom. The standard InChI is InChI=1S/C13H24N4O2S/c1-11-5-3-4-6-13(11)16-20(18,19)12-9-15-17(10-12)8-7-14-2/h9-11,13-14,16H,3-8H2,1-2H3. The van der Waals surface area contributed by atoms with Crippen molar-refractivity contribution in [2.75, 3.05) is 13.6 Å². The molecule has 0 saturated heterocycles. The molecular weight excluding hydrogens is 276 g/mol. The summed E-state index contributed by atoms with van der Waals surface area (Å²) in [6, 6.07) is 0.0504. The first-order chi connectivity index (χ1) is 9.53. The molecular formula is C13H24N4O2S. The number of aromatic nitrogens is 2. The van der Waals surface area contributed by atoms with Gasteiger partial charge in [0.15, 0.2) is 0 Å². The number of rotatable bonds is 6. The summed E-state index contributed by atoms with van der Waals surface area (Å²) in [6.07, 6.45) is 7.32. The van der Waals surface area contributed by atoms with Crippen molar-refractivity contribution in [1.29, 1.82) is 0 Å². The molecule has 2 unspecified atom stereocenters. The fraction of sp³-hybridized carbons (Fsp3) is 0.769. The second-order valence-corrected chi connectivity index (χ2v) is 7.25. The van der Waals surface area contributed by atoms with Crippen LogP contribution in [0, 0.1) is 5.92 Å². The molecule has 7 heteroatoms. The van der Waals surface area contributed by atoms with Crippen LogP contribution < -0.4 is 10.0 Å². The molecule has 1 aromatic heterocycles. The number of nitrogens with zero attached hydrogens (tertiary/aromatic N) is 2. The highest BCUT2D eigenvalue weighted by Crippen LogP contribution is 2.25. The van der Waals surface area contributed by atoms with Crippen molar-refractivity contribution >= 4 is 10.0 Å². The Balaban J connectivity index is 2.03. The van der Waals surface area contributed by atoms with Crippen molar-refractivity contribution in [2.24, 2.45) is 5.92 Å². The van der Waals surface area contributed by atoms with E-state index in [2.05, 4.69) is 22.1 Å². The first-order valence-electron chi connectivity index (χ1n) is 7.22. The van der Waals surface area contributed by atoms with Crippen LogP contribution in [0.1, 0.15) is 32.6 Å². The van der Waals surface area contributed by atoms with Gasteiger partial charge in [0.25, 0.3) is 0 Å². The minimum absolute atomic E-state index is 0.0504. The van der Waals surface area contributed by atoms with Gasteiger partial charge in [-0.2, -0.15) is 5.10 Å². The maximum absolute atomic E-state index is 12.4. The Hall–Kier alpha value is -0.920. The summed E-state index contributed by atoms with van der Waals surface area (Å²) in [5, 5.41) is 7.10. The highest BCUT2D eigenvalue weighted by atomic mass is 32.2. The number of hydrogen-bond donors (Lipinski definition) is 2. The first-order valence-corrected chi connectivity index (χ1v) is 8.70. The van der Waals surface area contributed by atoms with Gasteiger partial charge >= 0.3 is 0 Å². The molecule has 0 bridgehead atoms. The van der Waals surface area contributed by atoms with Gasteiger partial charge in [-0.1, -0.05) is 19.8 Å². The third-order valence-electron chi connectivity index (χ3n) is 3.93. The van der Waals surface area contributed by atoms with E-state index in [1.807, 2.05) is 7.05 Å². The summed E-state index contributed by atoms with van der Waals surface area (Å²) in [7, 11) is -1.60. The van der Waals surface area contributed by atoms with Gasteiger partial charge < -0.3 is 5.32 Å². The quantitative estimate of drug-likeness (QED) is 0.820. The summed E-state index contributed by atoms with van der Waals surface area (Å²) >= 11 is 0. The van der Waals surface area contributed by atoms with E-state index in [1.165, 1.54) is 12.6 Å². The van der Waals surface area contributed by atoms with Crippen LogP contribution >= 0.6 is 0 Å². The highest BCUT2D eigenvalue weighted by molar-refractivity contribution is 7.89. The molecule has 1 fully saturated rings. The van der Waals surface area contributed by atoms with Crippen molar-refractivity contribution in [3.8, 4) is 0 Å². The molecule has 0 amide bonds. The summed E-state index contributed by atoms with van der Waals surface area (Å²) in [5.41, 5.74) is 0. The van der Waals surface area contributed by atoms with Gasteiger partial charge in [-0.3, -0.25) is 4.68 Å². The smallest absolute Gasteiger partial charge is 0.243 e. The largest absolute Gasteiger partial charge is 0.318 e. The predicted molar refractivity (Wildman–Crippen MR) is 77.9 cm³/mol. The van der Waals surface area contributed by atoms with Crippen LogP contribution in [-0.2, 0) is 16.6 Å². The van der Waals surface area contributed by atoms with Crippen LogP contribution in [0.4, 0.5) is 0 Å². The SMILES string of the molecule is CNCCn1cc(S(=O)(=O)NC2CCCCC2C)cn1. The summed E-state index contributed by atoms with van der Waals surface area (Å²) in [5.74, 6) is 0.401. The van der Waals surface area contributed by atoms with Crippen molar-refractivity contribution in [2.45, 2.75) is 50.1 Å². The maximum Gasteiger partial charge on any atom is 0.243 e. The Labute approximate surface area is 121 Å². The normalized spacial score (nSPS) is 23.9. The van der Waals surface area contributed by atoms with E-state index in [0.29, 0.717) is 12.5 Å². The number of hydrogen-bond acceptors (Lipinski definition) is 4. The molecule has 0 aliphatic heterocycles. The molecule has 1 aliphatic rings. The second-order valence-electron chi connectivity index (χ2n) is 5.53.